The van der Waals surface area contributed by atoms with Gasteiger partial charge in [-0.25, -0.2) is 9.37 Å². The van der Waals surface area contributed by atoms with Crippen LogP contribution in [0.3, 0.4) is 0 Å². The molecule has 1 heterocycles. The van der Waals surface area contributed by atoms with Crippen molar-refractivity contribution in [2.24, 2.45) is 0 Å². The van der Waals surface area contributed by atoms with Crippen LogP contribution in [0, 0.1) is 19.7 Å². The summed E-state index contributed by atoms with van der Waals surface area (Å²) < 4.78 is 14.6. The van der Waals surface area contributed by atoms with E-state index in [4.69, 9.17) is 0 Å². The van der Waals surface area contributed by atoms with Gasteiger partial charge in [0.25, 0.3) is 5.56 Å². The first-order valence-corrected chi connectivity index (χ1v) is 10.7. The number of hydrogen-bond donors (Lipinski definition) is 1. The van der Waals surface area contributed by atoms with Gasteiger partial charge in [0.05, 0.1) is 22.3 Å². The molecular weight excluding hydrogens is 413 g/mol. The van der Waals surface area contributed by atoms with Crippen LogP contribution in [-0.4, -0.2) is 21.2 Å². The highest BCUT2D eigenvalue weighted by molar-refractivity contribution is 7.99. The standard InChI is InChI=1S/C24H20FN3O2S/c1-15-11-16(2)13-19(12-15)28-23(30)20-5-3-4-6-21(20)27-24(28)31-14-22(29)26-18-9-7-17(25)8-10-18/h3-13H,14H2,1-2H3,(H,26,29). The lowest BCUT2D eigenvalue weighted by Gasteiger charge is -2.14. The Kier molecular flexibility index (Phi) is 5.86. The zero-order chi connectivity index (χ0) is 22.0. The molecule has 5 nitrogen and oxygen atoms in total. The first kappa shape index (κ1) is 20.8. The molecule has 0 saturated carbocycles. The van der Waals surface area contributed by atoms with Gasteiger partial charge in [-0.1, -0.05) is 30.0 Å². The molecule has 1 amide bonds. The number of aryl methyl sites for hydroxylation is 2. The van der Waals surface area contributed by atoms with Crippen LogP contribution in [0.5, 0.6) is 0 Å². The first-order chi connectivity index (χ1) is 14.9. The Balaban J connectivity index is 1.69. The van der Waals surface area contributed by atoms with Crippen molar-refractivity contribution < 1.29 is 9.18 Å². The van der Waals surface area contributed by atoms with Crippen LogP contribution in [0.15, 0.2) is 76.7 Å². The number of amides is 1. The molecule has 0 saturated heterocycles. The summed E-state index contributed by atoms with van der Waals surface area (Å²) in [6.45, 7) is 3.94. The number of hydrogen-bond acceptors (Lipinski definition) is 4. The molecule has 4 rings (SSSR count). The Labute approximate surface area is 182 Å². The van der Waals surface area contributed by atoms with Gasteiger partial charge in [-0.05, 0) is 73.5 Å². The van der Waals surface area contributed by atoms with Crippen molar-refractivity contribution in [2.75, 3.05) is 11.1 Å². The number of rotatable bonds is 5. The number of benzene rings is 3. The number of anilines is 1. The number of nitrogens with zero attached hydrogens (tertiary/aromatic N) is 2. The predicted octanol–water partition coefficient (Wildman–Crippen LogP) is 4.87. The molecule has 0 aliphatic carbocycles. The quantitative estimate of drug-likeness (QED) is 0.360. The number of halogens is 1. The predicted molar refractivity (Wildman–Crippen MR) is 123 cm³/mol. The van der Waals surface area contributed by atoms with Crippen LogP contribution in [-0.2, 0) is 4.79 Å². The molecule has 0 fully saturated rings. The normalized spacial score (nSPS) is 10.9. The van der Waals surface area contributed by atoms with E-state index in [-0.39, 0.29) is 23.0 Å². The van der Waals surface area contributed by atoms with Gasteiger partial charge >= 0.3 is 0 Å². The van der Waals surface area contributed by atoms with Gasteiger partial charge in [-0.2, -0.15) is 0 Å². The lowest BCUT2D eigenvalue weighted by atomic mass is 10.1. The number of carbonyl (C=O) groups excluding carboxylic acids is 1. The zero-order valence-electron chi connectivity index (χ0n) is 17.1. The van der Waals surface area contributed by atoms with Crippen LogP contribution >= 0.6 is 11.8 Å². The van der Waals surface area contributed by atoms with E-state index in [0.29, 0.717) is 27.4 Å². The van der Waals surface area contributed by atoms with E-state index in [1.165, 1.54) is 36.0 Å². The Hall–Kier alpha value is -3.45. The maximum atomic E-state index is 13.3. The summed E-state index contributed by atoms with van der Waals surface area (Å²) in [4.78, 5) is 30.4. The fourth-order valence-corrected chi connectivity index (χ4v) is 4.19. The largest absolute Gasteiger partial charge is 0.325 e. The van der Waals surface area contributed by atoms with Gasteiger partial charge in [0.15, 0.2) is 5.16 Å². The van der Waals surface area contributed by atoms with E-state index in [1.54, 1.807) is 22.8 Å². The third kappa shape index (κ3) is 4.67. The van der Waals surface area contributed by atoms with E-state index < -0.39 is 0 Å². The van der Waals surface area contributed by atoms with Gasteiger partial charge < -0.3 is 5.32 Å². The maximum absolute atomic E-state index is 13.3. The summed E-state index contributed by atoms with van der Waals surface area (Å²) in [6, 6.07) is 18.6. The van der Waals surface area contributed by atoms with Crippen LogP contribution in [0.2, 0.25) is 0 Å². The van der Waals surface area contributed by atoms with Crippen molar-refractivity contribution in [3.63, 3.8) is 0 Å². The molecule has 7 heteroatoms. The summed E-state index contributed by atoms with van der Waals surface area (Å²) >= 11 is 1.18. The van der Waals surface area contributed by atoms with Crippen molar-refractivity contribution in [3.05, 3.63) is 94.0 Å². The highest BCUT2D eigenvalue weighted by Crippen LogP contribution is 2.23. The van der Waals surface area contributed by atoms with E-state index in [1.807, 2.05) is 38.1 Å². The van der Waals surface area contributed by atoms with E-state index >= 15 is 0 Å². The highest BCUT2D eigenvalue weighted by atomic mass is 32.2. The zero-order valence-corrected chi connectivity index (χ0v) is 17.9. The fourth-order valence-electron chi connectivity index (χ4n) is 3.38. The molecule has 31 heavy (non-hydrogen) atoms. The monoisotopic (exact) mass is 433 g/mol. The third-order valence-electron chi connectivity index (χ3n) is 4.67. The SMILES string of the molecule is Cc1cc(C)cc(-n2c(SCC(=O)Nc3ccc(F)cc3)nc3ccccc3c2=O)c1. The average Bonchev–Trinajstić information content (AvgIpc) is 2.73. The highest BCUT2D eigenvalue weighted by Gasteiger charge is 2.15. The lowest BCUT2D eigenvalue weighted by Crippen LogP contribution is -2.23. The van der Waals surface area contributed by atoms with Crippen LogP contribution < -0.4 is 10.9 Å². The Bertz CT molecular complexity index is 1310. The van der Waals surface area contributed by atoms with Crippen LogP contribution in [0.25, 0.3) is 16.6 Å². The number of thioether (sulfide) groups is 1. The van der Waals surface area contributed by atoms with Crippen LogP contribution in [0.1, 0.15) is 11.1 Å². The topological polar surface area (TPSA) is 64.0 Å². The molecule has 0 atom stereocenters. The minimum absolute atomic E-state index is 0.0486. The molecule has 0 spiro atoms. The van der Waals surface area contributed by atoms with Gasteiger partial charge in [0.1, 0.15) is 5.82 Å². The number of aromatic nitrogens is 2. The molecule has 1 N–H and O–H groups in total. The summed E-state index contributed by atoms with van der Waals surface area (Å²) in [6.07, 6.45) is 0. The second-order valence-electron chi connectivity index (χ2n) is 7.24. The van der Waals surface area contributed by atoms with Crippen LogP contribution in [0.4, 0.5) is 10.1 Å². The van der Waals surface area contributed by atoms with Crippen molar-refractivity contribution >= 4 is 34.3 Å². The lowest BCUT2D eigenvalue weighted by molar-refractivity contribution is -0.113. The Morgan fingerprint density at radius 3 is 2.42 bits per heavy atom. The molecule has 3 aromatic carbocycles. The number of carbonyl (C=O) groups is 1. The summed E-state index contributed by atoms with van der Waals surface area (Å²) in [5.74, 6) is -0.594. The molecule has 0 unspecified atom stereocenters. The summed E-state index contributed by atoms with van der Waals surface area (Å²) in [7, 11) is 0. The minimum Gasteiger partial charge on any atom is -0.325 e. The summed E-state index contributed by atoms with van der Waals surface area (Å²) in [5.41, 5.74) is 3.67. The third-order valence-corrected chi connectivity index (χ3v) is 5.61. The van der Waals surface area contributed by atoms with Crippen molar-refractivity contribution in [1.29, 1.82) is 0 Å². The maximum Gasteiger partial charge on any atom is 0.266 e. The van der Waals surface area contributed by atoms with Crippen molar-refractivity contribution in [1.82, 2.24) is 9.55 Å². The molecular formula is C24H20FN3O2S. The fraction of sp³-hybridized carbons (Fsp3) is 0.125. The smallest absolute Gasteiger partial charge is 0.266 e. The minimum atomic E-state index is -0.370. The number of nitrogens with one attached hydrogen (secondary N) is 1. The number of fused-ring (bicyclic) bond motifs is 1. The van der Waals surface area contributed by atoms with Gasteiger partial charge in [-0.3, -0.25) is 14.2 Å². The Morgan fingerprint density at radius 2 is 1.71 bits per heavy atom. The van der Waals surface area contributed by atoms with Gasteiger partial charge in [0.2, 0.25) is 5.91 Å². The van der Waals surface area contributed by atoms with E-state index in [2.05, 4.69) is 10.3 Å². The summed E-state index contributed by atoms with van der Waals surface area (Å²) in [5, 5.41) is 3.68. The van der Waals surface area contributed by atoms with Crippen molar-refractivity contribution in [3.8, 4) is 5.69 Å². The van der Waals surface area contributed by atoms with Crippen molar-refractivity contribution in [2.45, 2.75) is 19.0 Å². The Morgan fingerprint density at radius 1 is 1.03 bits per heavy atom. The van der Waals surface area contributed by atoms with Gasteiger partial charge in [0, 0.05) is 5.69 Å². The number of para-hydroxylation sites is 1. The molecule has 1 aromatic heterocycles. The molecule has 0 aliphatic rings. The second kappa shape index (κ2) is 8.73. The van der Waals surface area contributed by atoms with Gasteiger partial charge in [-0.15, -0.1) is 0 Å². The molecule has 0 radical (unpaired) electrons. The molecule has 0 bridgehead atoms. The van der Waals surface area contributed by atoms with E-state index in [9.17, 15) is 14.0 Å². The second-order valence-corrected chi connectivity index (χ2v) is 8.18. The molecule has 0 aliphatic heterocycles. The molecule has 156 valence electrons. The van der Waals surface area contributed by atoms with E-state index in [0.717, 1.165) is 11.1 Å². The average molecular weight is 434 g/mol. The first-order valence-electron chi connectivity index (χ1n) is 9.69. The molecule has 4 aromatic rings.